The van der Waals surface area contributed by atoms with Gasteiger partial charge >= 0.3 is 0 Å². The van der Waals surface area contributed by atoms with E-state index in [0.29, 0.717) is 22.3 Å². The fourth-order valence-corrected chi connectivity index (χ4v) is 3.40. The first-order valence-corrected chi connectivity index (χ1v) is 8.75. The fourth-order valence-electron chi connectivity index (χ4n) is 2.60. The highest BCUT2D eigenvalue weighted by Gasteiger charge is 2.12. The van der Waals surface area contributed by atoms with Gasteiger partial charge in [0.05, 0.1) is 0 Å². The van der Waals surface area contributed by atoms with Gasteiger partial charge in [-0.25, -0.2) is 9.37 Å². The van der Waals surface area contributed by atoms with Crippen molar-refractivity contribution in [3.8, 4) is 0 Å². The zero-order chi connectivity index (χ0) is 18.1. The predicted molar refractivity (Wildman–Crippen MR) is 100.0 cm³/mol. The van der Waals surface area contributed by atoms with E-state index in [2.05, 4.69) is 15.3 Å². The molecule has 4 rings (SSSR count). The topological polar surface area (TPSA) is 62.7 Å². The Balaban J connectivity index is 1.48. The maximum Gasteiger partial charge on any atom is 0.272 e. The minimum Gasteiger partial charge on any atom is -0.350 e. The van der Waals surface area contributed by atoms with Crippen molar-refractivity contribution < 1.29 is 9.18 Å². The second-order valence-electron chi connectivity index (χ2n) is 5.79. The SMILES string of the molecule is Cn1ccnc1Sc1ccc(NC(=O)c2cc3c(F)cccc3[nH]2)cc1. The Morgan fingerprint density at radius 1 is 1.23 bits per heavy atom. The van der Waals surface area contributed by atoms with Crippen LogP contribution in [0.4, 0.5) is 10.1 Å². The number of hydrogen-bond donors (Lipinski definition) is 2. The molecule has 0 spiro atoms. The quantitative estimate of drug-likeness (QED) is 0.561. The van der Waals surface area contributed by atoms with Crippen molar-refractivity contribution in [3.63, 3.8) is 0 Å². The van der Waals surface area contributed by atoms with E-state index in [1.165, 1.54) is 12.1 Å². The number of carbonyl (C=O) groups excluding carboxylic acids is 1. The number of anilines is 1. The van der Waals surface area contributed by atoms with Crippen LogP contribution < -0.4 is 5.32 Å². The number of aromatic nitrogens is 3. The minimum absolute atomic E-state index is 0.315. The number of H-pyrrole nitrogens is 1. The van der Waals surface area contributed by atoms with Gasteiger partial charge in [-0.3, -0.25) is 4.79 Å². The molecule has 0 atom stereocenters. The van der Waals surface area contributed by atoms with Crippen molar-refractivity contribution in [1.29, 1.82) is 0 Å². The van der Waals surface area contributed by atoms with Crippen molar-refractivity contribution in [2.24, 2.45) is 7.05 Å². The third-order valence-electron chi connectivity index (χ3n) is 3.95. The molecule has 0 unspecified atom stereocenters. The number of imidazole rings is 1. The number of rotatable bonds is 4. The molecule has 0 bridgehead atoms. The van der Waals surface area contributed by atoms with Crippen molar-refractivity contribution >= 4 is 34.3 Å². The molecule has 0 saturated carbocycles. The Morgan fingerprint density at radius 2 is 2.04 bits per heavy atom. The average Bonchev–Trinajstić information content (AvgIpc) is 3.24. The van der Waals surface area contributed by atoms with Crippen molar-refractivity contribution in [2.45, 2.75) is 10.1 Å². The van der Waals surface area contributed by atoms with Crippen LogP contribution in [0.5, 0.6) is 0 Å². The van der Waals surface area contributed by atoms with Gasteiger partial charge in [0.1, 0.15) is 11.5 Å². The summed E-state index contributed by atoms with van der Waals surface area (Å²) in [7, 11) is 1.94. The second kappa shape index (κ2) is 6.68. The second-order valence-corrected chi connectivity index (χ2v) is 6.83. The third kappa shape index (κ3) is 3.21. The lowest BCUT2D eigenvalue weighted by Crippen LogP contribution is -2.12. The van der Waals surface area contributed by atoms with Crippen molar-refractivity contribution in [1.82, 2.24) is 14.5 Å². The zero-order valence-electron chi connectivity index (χ0n) is 13.9. The summed E-state index contributed by atoms with van der Waals surface area (Å²) in [5.74, 6) is -0.668. The van der Waals surface area contributed by atoms with Crippen LogP contribution in [-0.4, -0.2) is 20.4 Å². The Bertz CT molecular complexity index is 1080. The number of nitrogens with one attached hydrogen (secondary N) is 2. The van der Waals surface area contributed by atoms with Crippen LogP contribution in [0, 0.1) is 5.82 Å². The van der Waals surface area contributed by atoms with Crippen LogP contribution in [0.15, 0.2) is 71.0 Å². The van der Waals surface area contributed by atoms with Gasteiger partial charge in [0.2, 0.25) is 0 Å². The fraction of sp³-hybridized carbons (Fsp3) is 0.0526. The molecular formula is C19H15FN4OS. The van der Waals surface area contributed by atoms with Crippen LogP contribution >= 0.6 is 11.8 Å². The van der Waals surface area contributed by atoms with E-state index in [9.17, 15) is 9.18 Å². The van der Waals surface area contributed by atoms with Crippen LogP contribution in [-0.2, 0) is 7.05 Å². The number of halogens is 1. The van der Waals surface area contributed by atoms with E-state index in [-0.39, 0.29) is 11.7 Å². The Kier molecular flexibility index (Phi) is 4.22. The molecule has 0 aliphatic rings. The van der Waals surface area contributed by atoms with Gasteiger partial charge in [-0.05, 0) is 42.5 Å². The first kappa shape index (κ1) is 16.4. The molecule has 0 aliphatic carbocycles. The molecule has 7 heteroatoms. The molecule has 5 nitrogen and oxygen atoms in total. The van der Waals surface area contributed by atoms with E-state index in [4.69, 9.17) is 0 Å². The van der Waals surface area contributed by atoms with E-state index >= 15 is 0 Å². The smallest absolute Gasteiger partial charge is 0.272 e. The van der Waals surface area contributed by atoms with Crippen LogP contribution in [0.25, 0.3) is 10.9 Å². The largest absolute Gasteiger partial charge is 0.350 e. The molecule has 2 aromatic carbocycles. The molecule has 0 aliphatic heterocycles. The molecule has 4 aromatic rings. The average molecular weight is 366 g/mol. The van der Waals surface area contributed by atoms with Crippen LogP contribution in [0.3, 0.4) is 0 Å². The summed E-state index contributed by atoms with van der Waals surface area (Å²) >= 11 is 1.54. The first-order valence-electron chi connectivity index (χ1n) is 7.94. The molecule has 0 saturated heterocycles. The van der Waals surface area contributed by atoms with E-state index < -0.39 is 0 Å². The van der Waals surface area contributed by atoms with Gasteiger partial charge in [-0.15, -0.1) is 0 Å². The van der Waals surface area contributed by atoms with Crippen LogP contribution in [0.2, 0.25) is 0 Å². The number of carbonyl (C=O) groups is 1. The van der Waals surface area contributed by atoms with Gasteiger partial charge in [-0.1, -0.05) is 17.8 Å². The first-order chi connectivity index (χ1) is 12.6. The summed E-state index contributed by atoms with van der Waals surface area (Å²) < 4.78 is 15.7. The van der Waals surface area contributed by atoms with Gasteiger partial charge in [-0.2, -0.15) is 0 Å². The molecule has 26 heavy (non-hydrogen) atoms. The van der Waals surface area contributed by atoms with E-state index in [1.807, 2.05) is 42.1 Å². The molecule has 0 fully saturated rings. The lowest BCUT2D eigenvalue weighted by Gasteiger charge is -2.05. The number of aryl methyl sites for hydroxylation is 1. The number of aromatic amines is 1. The van der Waals surface area contributed by atoms with E-state index in [0.717, 1.165) is 10.1 Å². The van der Waals surface area contributed by atoms with E-state index in [1.54, 1.807) is 30.1 Å². The lowest BCUT2D eigenvalue weighted by molar-refractivity contribution is 0.102. The summed E-state index contributed by atoms with van der Waals surface area (Å²) in [5.41, 5.74) is 1.58. The molecule has 2 aromatic heterocycles. The standard InChI is InChI=1S/C19H15FN4OS/c1-24-10-9-21-19(24)26-13-7-5-12(6-8-13)22-18(25)17-11-14-15(20)3-2-4-16(14)23-17/h2-11,23H,1H3,(H,22,25). The molecular weight excluding hydrogens is 351 g/mol. The number of amides is 1. The summed E-state index contributed by atoms with van der Waals surface area (Å²) in [6.45, 7) is 0. The zero-order valence-corrected chi connectivity index (χ0v) is 14.7. The van der Waals surface area contributed by atoms with Crippen molar-refractivity contribution in [3.05, 3.63) is 72.4 Å². The molecule has 2 heterocycles. The molecule has 0 radical (unpaired) electrons. The third-order valence-corrected chi connectivity index (χ3v) is 5.04. The summed E-state index contributed by atoms with van der Waals surface area (Å²) in [4.78, 5) is 20.6. The maximum atomic E-state index is 13.8. The van der Waals surface area contributed by atoms with Crippen LogP contribution in [0.1, 0.15) is 10.5 Å². The highest BCUT2D eigenvalue weighted by Crippen LogP contribution is 2.27. The normalized spacial score (nSPS) is 11.0. The monoisotopic (exact) mass is 366 g/mol. The maximum absolute atomic E-state index is 13.8. The highest BCUT2D eigenvalue weighted by atomic mass is 32.2. The lowest BCUT2D eigenvalue weighted by atomic mass is 10.2. The number of fused-ring (bicyclic) bond motifs is 1. The van der Waals surface area contributed by atoms with Gasteiger partial charge in [0.25, 0.3) is 5.91 Å². The predicted octanol–water partition coefficient (Wildman–Crippen LogP) is 4.44. The number of nitrogens with zero attached hydrogens (tertiary/aromatic N) is 2. The summed E-state index contributed by atoms with van der Waals surface area (Å²) in [6, 6.07) is 13.7. The van der Waals surface area contributed by atoms with Crippen molar-refractivity contribution in [2.75, 3.05) is 5.32 Å². The number of hydrogen-bond acceptors (Lipinski definition) is 3. The van der Waals surface area contributed by atoms with Gasteiger partial charge < -0.3 is 14.9 Å². The Hall–Kier alpha value is -3.06. The molecule has 130 valence electrons. The Labute approximate surface area is 153 Å². The summed E-state index contributed by atoms with van der Waals surface area (Å²) in [5, 5.41) is 4.11. The molecule has 1 amide bonds. The Morgan fingerprint density at radius 3 is 2.73 bits per heavy atom. The summed E-state index contributed by atoms with van der Waals surface area (Å²) in [6.07, 6.45) is 3.64. The minimum atomic E-state index is -0.353. The highest BCUT2D eigenvalue weighted by molar-refractivity contribution is 7.99. The molecule has 2 N–H and O–H groups in total. The van der Waals surface area contributed by atoms with Gasteiger partial charge in [0, 0.05) is 40.9 Å². The number of benzene rings is 2. The van der Waals surface area contributed by atoms with Gasteiger partial charge in [0.15, 0.2) is 5.16 Å².